The summed E-state index contributed by atoms with van der Waals surface area (Å²) in [5, 5.41) is 14.0. The van der Waals surface area contributed by atoms with Gasteiger partial charge in [-0.05, 0) is 92.3 Å². The predicted molar refractivity (Wildman–Crippen MR) is 127 cm³/mol. The van der Waals surface area contributed by atoms with Crippen LogP contribution >= 0.6 is 0 Å². The average Bonchev–Trinajstić information content (AvgIpc) is 2.80. The van der Waals surface area contributed by atoms with E-state index in [-0.39, 0.29) is 11.2 Å². The molecule has 2 unspecified atom stereocenters. The number of pyridine rings is 1. The highest BCUT2D eigenvalue weighted by molar-refractivity contribution is 6.02. The molecule has 3 aliphatic carbocycles. The average molecular weight is 438 g/mol. The minimum atomic E-state index is -0.189. The number of ketones is 1. The van der Waals surface area contributed by atoms with Gasteiger partial charge < -0.3 is 10.1 Å². The van der Waals surface area contributed by atoms with Crippen molar-refractivity contribution in [2.45, 2.75) is 38.6 Å². The zero-order chi connectivity index (χ0) is 22.7. The van der Waals surface area contributed by atoms with Crippen LogP contribution in [0.3, 0.4) is 0 Å². The largest absolute Gasteiger partial charge is 0.497 e. The molecule has 5 atom stereocenters. The van der Waals surface area contributed by atoms with Crippen molar-refractivity contribution in [2.75, 3.05) is 12.4 Å². The second-order valence-electron chi connectivity index (χ2n) is 10.1. The van der Waals surface area contributed by atoms with Crippen LogP contribution in [0.15, 0.2) is 48.5 Å². The van der Waals surface area contributed by atoms with Crippen LogP contribution < -0.4 is 10.1 Å². The summed E-state index contributed by atoms with van der Waals surface area (Å²) in [5.74, 6) is 2.74. The van der Waals surface area contributed by atoms with Gasteiger partial charge in [0, 0.05) is 22.5 Å². The van der Waals surface area contributed by atoms with Crippen molar-refractivity contribution < 1.29 is 9.53 Å². The van der Waals surface area contributed by atoms with Gasteiger partial charge in [-0.1, -0.05) is 12.1 Å². The Labute approximate surface area is 193 Å². The van der Waals surface area contributed by atoms with Gasteiger partial charge in [0.25, 0.3) is 0 Å². The van der Waals surface area contributed by atoms with Gasteiger partial charge in [-0.3, -0.25) is 4.79 Å². The number of carbonyl (C=O) groups excluding carboxylic acids is 1. The number of Topliss-reactive ketones (excluding diaryl/α,β-unsaturated/α-hetero) is 1. The Hall–Kier alpha value is -3.39. The summed E-state index contributed by atoms with van der Waals surface area (Å²) in [7, 11) is 1.65. The molecule has 2 aromatic carbocycles. The number of nitriles is 1. The maximum Gasteiger partial charge on any atom is 0.187 e. The van der Waals surface area contributed by atoms with Crippen molar-refractivity contribution in [3.63, 3.8) is 0 Å². The lowest BCUT2D eigenvalue weighted by Crippen LogP contribution is -2.68. The Morgan fingerprint density at radius 3 is 2.64 bits per heavy atom. The number of anilines is 1. The van der Waals surface area contributed by atoms with Crippen LogP contribution in [0.5, 0.6) is 5.75 Å². The molecule has 166 valence electrons. The normalized spacial score (nSPS) is 29.2. The summed E-state index contributed by atoms with van der Waals surface area (Å²) < 4.78 is 5.30. The topological polar surface area (TPSA) is 75.0 Å². The molecule has 33 heavy (non-hydrogen) atoms. The molecule has 3 aliphatic rings. The van der Waals surface area contributed by atoms with E-state index in [1.54, 1.807) is 7.11 Å². The molecule has 0 radical (unpaired) electrons. The summed E-state index contributed by atoms with van der Waals surface area (Å²) in [6, 6.07) is 18.4. The molecule has 1 heterocycles. The van der Waals surface area contributed by atoms with E-state index in [4.69, 9.17) is 9.72 Å². The second-order valence-corrected chi connectivity index (χ2v) is 10.1. The fraction of sp³-hybridized carbons (Fsp3) is 0.393. The van der Waals surface area contributed by atoms with Crippen molar-refractivity contribution in [1.29, 1.82) is 5.26 Å². The Bertz CT molecular complexity index is 1310. The number of carbonyl (C=O) groups is 1. The second kappa shape index (κ2) is 7.31. The smallest absolute Gasteiger partial charge is 0.187 e. The summed E-state index contributed by atoms with van der Waals surface area (Å²) in [6.07, 6.45) is 4.14. The van der Waals surface area contributed by atoms with Crippen LogP contribution in [0.4, 0.5) is 5.69 Å². The highest BCUT2D eigenvalue weighted by atomic mass is 16.5. The Kier molecular flexibility index (Phi) is 4.48. The first kappa shape index (κ1) is 20.2. The van der Waals surface area contributed by atoms with Gasteiger partial charge in [0.2, 0.25) is 0 Å². The number of fused-ring (bicyclic) bond motifs is 1. The third-order valence-corrected chi connectivity index (χ3v) is 8.39. The standard InChI is InChI=1S/C28H27N3O2/c1-16-3-5-21(11-20(16)15-29)30-22-9-18-13-28(14-19(10-22)26(18)28)27(32)25-7-4-17-12-23(33-2)6-8-24(17)31-25/h3-8,11-12,18-19,22,26,30H,9-10,13-14H2,1-2H3/t18-,19+,22+,26?,28?. The molecule has 6 rings (SSSR count). The number of hydrogen-bond donors (Lipinski definition) is 1. The fourth-order valence-corrected chi connectivity index (χ4v) is 6.93. The number of ether oxygens (including phenoxy) is 1. The predicted octanol–water partition coefficient (Wildman–Crippen LogP) is 5.52. The maximum absolute atomic E-state index is 13.5. The molecule has 1 aromatic heterocycles. The van der Waals surface area contributed by atoms with Crippen LogP contribution in [-0.4, -0.2) is 23.9 Å². The van der Waals surface area contributed by atoms with Crippen LogP contribution in [0.1, 0.15) is 47.3 Å². The zero-order valence-corrected chi connectivity index (χ0v) is 19.0. The number of benzene rings is 2. The molecule has 0 bridgehead atoms. The molecule has 0 amide bonds. The van der Waals surface area contributed by atoms with Gasteiger partial charge >= 0.3 is 0 Å². The van der Waals surface area contributed by atoms with Gasteiger partial charge in [-0.15, -0.1) is 0 Å². The highest BCUT2D eigenvalue weighted by Gasteiger charge is 2.70. The number of rotatable bonds is 5. The number of methoxy groups -OCH3 is 1. The minimum Gasteiger partial charge on any atom is -0.497 e. The van der Waals surface area contributed by atoms with E-state index >= 15 is 0 Å². The van der Waals surface area contributed by atoms with E-state index in [1.807, 2.05) is 49.4 Å². The molecule has 5 nitrogen and oxygen atoms in total. The van der Waals surface area contributed by atoms with E-state index in [1.165, 1.54) is 0 Å². The third kappa shape index (κ3) is 3.04. The molecule has 0 saturated heterocycles. The van der Waals surface area contributed by atoms with Crippen LogP contribution in [-0.2, 0) is 0 Å². The number of aryl methyl sites for hydroxylation is 1. The Balaban J connectivity index is 1.16. The molecule has 0 spiro atoms. The minimum absolute atomic E-state index is 0.189. The van der Waals surface area contributed by atoms with Gasteiger partial charge in [0.05, 0.1) is 24.3 Å². The van der Waals surface area contributed by atoms with Gasteiger partial charge in [0.1, 0.15) is 11.4 Å². The molecular weight excluding hydrogens is 410 g/mol. The number of aromatic nitrogens is 1. The SMILES string of the molecule is COc1ccc2nc(C(=O)C34C[C@H]5C[C@H](Nc6ccc(C)c(C#N)c6)C[C@@H](C3)C54)ccc2c1. The number of nitrogens with zero attached hydrogens (tertiary/aromatic N) is 2. The van der Waals surface area contributed by atoms with Crippen LogP contribution in [0.2, 0.25) is 0 Å². The summed E-state index contributed by atoms with van der Waals surface area (Å²) in [6.45, 7) is 1.97. The molecule has 3 aromatic rings. The Morgan fingerprint density at radius 2 is 1.91 bits per heavy atom. The van der Waals surface area contributed by atoms with E-state index in [9.17, 15) is 10.1 Å². The first-order chi connectivity index (χ1) is 16.0. The monoisotopic (exact) mass is 437 g/mol. The zero-order valence-electron chi connectivity index (χ0n) is 19.0. The molecule has 1 N–H and O–H groups in total. The fourth-order valence-electron chi connectivity index (χ4n) is 6.93. The highest BCUT2D eigenvalue weighted by Crippen LogP contribution is 2.72. The molecule has 3 fully saturated rings. The summed E-state index contributed by atoms with van der Waals surface area (Å²) in [5.41, 5.74) is 4.02. The molecule has 3 saturated carbocycles. The van der Waals surface area contributed by atoms with E-state index in [0.717, 1.165) is 59.2 Å². The quantitative estimate of drug-likeness (QED) is 0.532. The molecule has 5 heteroatoms. The van der Waals surface area contributed by atoms with Crippen molar-refractivity contribution in [3.8, 4) is 11.8 Å². The van der Waals surface area contributed by atoms with Crippen molar-refractivity contribution in [1.82, 2.24) is 4.98 Å². The van der Waals surface area contributed by atoms with Gasteiger partial charge in [0.15, 0.2) is 5.78 Å². The van der Waals surface area contributed by atoms with Gasteiger partial charge in [-0.25, -0.2) is 4.98 Å². The van der Waals surface area contributed by atoms with Crippen LogP contribution in [0, 0.1) is 41.4 Å². The van der Waals surface area contributed by atoms with Crippen molar-refractivity contribution in [3.05, 3.63) is 65.4 Å². The lowest BCUT2D eigenvalue weighted by atomic mass is 9.33. The first-order valence-electron chi connectivity index (χ1n) is 11.8. The maximum atomic E-state index is 13.5. The van der Waals surface area contributed by atoms with Crippen molar-refractivity contribution >= 4 is 22.4 Å². The van der Waals surface area contributed by atoms with E-state index in [2.05, 4.69) is 17.5 Å². The summed E-state index contributed by atoms with van der Waals surface area (Å²) >= 11 is 0. The van der Waals surface area contributed by atoms with E-state index in [0.29, 0.717) is 29.5 Å². The lowest BCUT2D eigenvalue weighted by molar-refractivity contribution is -0.177. The van der Waals surface area contributed by atoms with Crippen molar-refractivity contribution in [2.24, 2.45) is 23.2 Å². The summed E-state index contributed by atoms with van der Waals surface area (Å²) in [4.78, 5) is 18.3. The number of hydrogen-bond acceptors (Lipinski definition) is 5. The van der Waals surface area contributed by atoms with E-state index < -0.39 is 0 Å². The van der Waals surface area contributed by atoms with Gasteiger partial charge in [-0.2, -0.15) is 5.26 Å². The third-order valence-electron chi connectivity index (χ3n) is 8.39. The first-order valence-corrected chi connectivity index (χ1v) is 11.8. The number of nitrogens with one attached hydrogen (secondary N) is 1. The van der Waals surface area contributed by atoms with Crippen LogP contribution in [0.25, 0.3) is 10.9 Å². The molecule has 0 aliphatic heterocycles. The molecular formula is C28H27N3O2. The Morgan fingerprint density at radius 1 is 1.12 bits per heavy atom. The lowest BCUT2D eigenvalue weighted by Gasteiger charge is -2.70.